The van der Waals surface area contributed by atoms with Gasteiger partial charge in [0.05, 0.1) is 12.7 Å². The summed E-state index contributed by atoms with van der Waals surface area (Å²) in [6.07, 6.45) is 11.2. The van der Waals surface area contributed by atoms with E-state index in [4.69, 9.17) is 4.74 Å². The van der Waals surface area contributed by atoms with Gasteiger partial charge in [0.2, 0.25) is 0 Å². The van der Waals surface area contributed by atoms with Crippen molar-refractivity contribution in [3.63, 3.8) is 0 Å². The lowest BCUT2D eigenvalue weighted by Crippen LogP contribution is -2.25. The first-order valence-electron chi connectivity index (χ1n) is 4.19. The van der Waals surface area contributed by atoms with Gasteiger partial charge >= 0.3 is 0 Å². The van der Waals surface area contributed by atoms with Crippen LogP contribution in [-0.2, 0) is 4.74 Å². The Kier molecular flexibility index (Phi) is 2.37. The highest BCUT2D eigenvalue weighted by molar-refractivity contribution is 5.72. The predicted octanol–water partition coefficient (Wildman–Crippen LogP) is 1.63. The average molecular weight is 161 g/mol. The molecule has 2 unspecified atom stereocenters. The van der Waals surface area contributed by atoms with Crippen LogP contribution < -0.4 is 0 Å². The summed E-state index contributed by atoms with van der Waals surface area (Å²) in [6, 6.07) is 0. The van der Waals surface area contributed by atoms with Gasteiger partial charge in [0.15, 0.2) is 0 Å². The van der Waals surface area contributed by atoms with Gasteiger partial charge in [0.1, 0.15) is 6.54 Å². The molecule has 0 saturated carbocycles. The minimum absolute atomic E-state index is 0.236. The molecule has 62 valence electrons. The van der Waals surface area contributed by atoms with Crippen LogP contribution in [-0.4, -0.2) is 18.9 Å². The second-order valence-electron chi connectivity index (χ2n) is 2.90. The second-order valence-corrected chi connectivity index (χ2v) is 2.90. The number of aliphatic imine (C=N–C) groups is 1. The molecule has 0 saturated heterocycles. The lowest BCUT2D eigenvalue weighted by atomic mass is 9.97. The number of rotatable bonds is 1. The molecule has 2 heteroatoms. The van der Waals surface area contributed by atoms with Gasteiger partial charge in [0, 0.05) is 12.1 Å². The van der Waals surface area contributed by atoms with Crippen molar-refractivity contribution < 1.29 is 4.74 Å². The van der Waals surface area contributed by atoms with E-state index in [0.717, 1.165) is 13.0 Å². The van der Waals surface area contributed by atoms with Crippen LogP contribution in [0.15, 0.2) is 29.3 Å². The fourth-order valence-corrected chi connectivity index (χ4v) is 1.39. The number of allylic oxidation sites excluding steroid dienone is 1. The Morgan fingerprint density at radius 3 is 3.08 bits per heavy atom. The molecule has 0 aromatic heterocycles. The Bertz CT molecular complexity index is 230. The lowest BCUT2D eigenvalue weighted by Gasteiger charge is -2.24. The molecule has 0 aromatic carbocycles. The van der Waals surface area contributed by atoms with Crippen LogP contribution >= 0.6 is 0 Å². The van der Waals surface area contributed by atoms with Crippen LogP contribution in [0.3, 0.4) is 0 Å². The molecule has 2 heterocycles. The van der Waals surface area contributed by atoms with Crippen LogP contribution in [0.25, 0.3) is 0 Å². The van der Waals surface area contributed by atoms with Crippen LogP contribution in [0.5, 0.6) is 0 Å². The first-order valence-corrected chi connectivity index (χ1v) is 4.19. The minimum atomic E-state index is 0.236. The van der Waals surface area contributed by atoms with Crippen LogP contribution in [0.1, 0.15) is 6.42 Å². The van der Waals surface area contributed by atoms with Crippen LogP contribution in [0, 0.1) is 12.5 Å². The standard InChI is InChI=1S/C10H11NO/c1-2-7-12-10(5-1)9-4-3-6-11-8-9/h1-4,6,9-10H,5,7H2. The monoisotopic (exact) mass is 161 g/mol. The number of ether oxygens (including phenoxy) is 1. The molecule has 0 amide bonds. The molecule has 0 fully saturated rings. The molecule has 0 aliphatic carbocycles. The summed E-state index contributed by atoms with van der Waals surface area (Å²) < 4.78 is 5.54. The molecule has 0 spiro atoms. The van der Waals surface area contributed by atoms with E-state index in [9.17, 15) is 0 Å². The highest BCUT2D eigenvalue weighted by Crippen LogP contribution is 2.21. The Hall–Kier alpha value is -0.890. The van der Waals surface area contributed by atoms with Crippen molar-refractivity contribution in [2.24, 2.45) is 10.9 Å². The molecular weight excluding hydrogens is 150 g/mol. The fraction of sp³-hybridized carbons (Fsp3) is 0.400. The molecule has 12 heavy (non-hydrogen) atoms. The summed E-state index contributed by atoms with van der Waals surface area (Å²) in [6.45, 7) is 3.74. The minimum Gasteiger partial charge on any atom is -0.373 e. The van der Waals surface area contributed by atoms with E-state index in [-0.39, 0.29) is 12.0 Å². The zero-order chi connectivity index (χ0) is 8.23. The van der Waals surface area contributed by atoms with E-state index in [1.165, 1.54) is 0 Å². The normalized spacial score (nSPS) is 34.0. The van der Waals surface area contributed by atoms with Crippen molar-refractivity contribution in [1.82, 2.24) is 0 Å². The van der Waals surface area contributed by atoms with Crippen molar-refractivity contribution >= 4 is 6.21 Å². The summed E-state index contributed by atoms with van der Waals surface area (Å²) >= 11 is 0. The maximum atomic E-state index is 5.54. The van der Waals surface area contributed by atoms with E-state index in [1.54, 1.807) is 6.21 Å². The van der Waals surface area contributed by atoms with Crippen LogP contribution in [0.2, 0.25) is 0 Å². The number of hydrogen-bond acceptors (Lipinski definition) is 2. The zero-order valence-electron chi connectivity index (χ0n) is 6.81. The molecule has 0 aromatic rings. The topological polar surface area (TPSA) is 21.6 Å². The summed E-state index contributed by atoms with van der Waals surface area (Å²) in [5.74, 6) is 0.236. The van der Waals surface area contributed by atoms with Gasteiger partial charge in [-0.25, -0.2) is 0 Å². The predicted molar refractivity (Wildman–Crippen MR) is 47.9 cm³/mol. The molecular formula is C10H11NO. The lowest BCUT2D eigenvalue weighted by molar-refractivity contribution is 0.0461. The van der Waals surface area contributed by atoms with Gasteiger partial charge < -0.3 is 4.74 Å². The van der Waals surface area contributed by atoms with Crippen molar-refractivity contribution in [3.8, 4) is 0 Å². The average Bonchev–Trinajstić information content (AvgIpc) is 2.21. The molecule has 2 aliphatic rings. The van der Waals surface area contributed by atoms with E-state index in [0.29, 0.717) is 0 Å². The number of hydrogen-bond donors (Lipinski definition) is 0. The van der Waals surface area contributed by atoms with Crippen molar-refractivity contribution in [2.45, 2.75) is 12.5 Å². The molecule has 2 radical (unpaired) electrons. The number of nitrogens with zero attached hydrogens (tertiary/aromatic N) is 1. The molecule has 2 aliphatic heterocycles. The molecule has 2 rings (SSSR count). The van der Waals surface area contributed by atoms with Gasteiger partial charge in [-0.05, 0) is 12.5 Å². The van der Waals surface area contributed by atoms with E-state index in [1.807, 2.05) is 12.2 Å². The summed E-state index contributed by atoms with van der Waals surface area (Å²) in [7, 11) is 0. The SMILES string of the molecule is [C]1N=CC=CC1C1CC=CCO1. The molecule has 2 atom stereocenters. The third-order valence-corrected chi connectivity index (χ3v) is 2.04. The first kappa shape index (κ1) is 7.74. The van der Waals surface area contributed by atoms with Gasteiger partial charge in [-0.3, -0.25) is 4.99 Å². The van der Waals surface area contributed by atoms with Gasteiger partial charge in [-0.2, -0.15) is 0 Å². The Labute approximate surface area is 72.6 Å². The Balaban J connectivity index is 1.95. The summed E-state index contributed by atoms with van der Waals surface area (Å²) in [5, 5.41) is 0. The Morgan fingerprint density at radius 1 is 1.42 bits per heavy atom. The van der Waals surface area contributed by atoms with Crippen molar-refractivity contribution in [3.05, 3.63) is 30.8 Å². The van der Waals surface area contributed by atoms with E-state index < -0.39 is 0 Å². The first-order chi connectivity index (χ1) is 5.97. The van der Waals surface area contributed by atoms with E-state index >= 15 is 0 Å². The Morgan fingerprint density at radius 2 is 2.42 bits per heavy atom. The number of dihydropyridines is 1. The fourth-order valence-electron chi connectivity index (χ4n) is 1.39. The maximum Gasteiger partial charge on any atom is 0.126 e. The largest absolute Gasteiger partial charge is 0.373 e. The maximum absolute atomic E-state index is 5.54. The molecule has 0 N–H and O–H groups in total. The van der Waals surface area contributed by atoms with Crippen LogP contribution in [0.4, 0.5) is 0 Å². The van der Waals surface area contributed by atoms with Gasteiger partial charge in [-0.15, -0.1) is 0 Å². The smallest absolute Gasteiger partial charge is 0.126 e. The third-order valence-electron chi connectivity index (χ3n) is 2.04. The van der Waals surface area contributed by atoms with Crippen molar-refractivity contribution in [1.29, 1.82) is 0 Å². The highest BCUT2D eigenvalue weighted by Gasteiger charge is 2.21. The van der Waals surface area contributed by atoms with Gasteiger partial charge in [0.25, 0.3) is 0 Å². The summed E-state index contributed by atoms with van der Waals surface area (Å²) in [5.41, 5.74) is 0. The summed E-state index contributed by atoms with van der Waals surface area (Å²) in [4.78, 5) is 3.97. The van der Waals surface area contributed by atoms with Crippen molar-refractivity contribution in [2.75, 3.05) is 6.61 Å². The van der Waals surface area contributed by atoms with Gasteiger partial charge in [-0.1, -0.05) is 18.2 Å². The molecule has 2 nitrogen and oxygen atoms in total. The van der Waals surface area contributed by atoms with E-state index in [2.05, 4.69) is 23.7 Å². The third kappa shape index (κ3) is 1.64. The molecule has 0 bridgehead atoms. The quantitative estimate of drug-likeness (QED) is 0.535. The zero-order valence-corrected chi connectivity index (χ0v) is 6.81. The second kappa shape index (κ2) is 3.68. The highest BCUT2D eigenvalue weighted by atomic mass is 16.5.